The van der Waals surface area contributed by atoms with Crippen LogP contribution in [0.25, 0.3) is 0 Å². The van der Waals surface area contributed by atoms with Crippen LogP contribution in [0.4, 0.5) is 0 Å². The fourth-order valence-electron chi connectivity index (χ4n) is 0.446. The number of nitrogens with one attached hydrogen (secondary N) is 1. The Hall–Kier alpha value is -0.630. The van der Waals surface area contributed by atoms with Crippen LogP contribution in [0.15, 0.2) is 36.0 Å². The standard InChI is InChI=1S/C7H11NS/c1-4-5-6(2)8-7(3)9/h4-5,8-9H,1,3H2,2H3/b6-5+. The van der Waals surface area contributed by atoms with Crippen LogP contribution in [0.5, 0.6) is 0 Å². The molecule has 0 amide bonds. The number of allylic oxidation sites excluding steroid dienone is 3. The lowest BCUT2D eigenvalue weighted by molar-refractivity contribution is 1.05. The second kappa shape index (κ2) is 4.27. The van der Waals surface area contributed by atoms with E-state index in [1.54, 1.807) is 6.08 Å². The van der Waals surface area contributed by atoms with Gasteiger partial charge in [-0.1, -0.05) is 19.2 Å². The van der Waals surface area contributed by atoms with Crippen molar-refractivity contribution >= 4 is 12.6 Å². The maximum atomic E-state index is 3.95. The molecule has 0 aliphatic carbocycles. The SMILES string of the molecule is C=C/C=C(\C)NC(=C)S. The Balaban J connectivity index is 3.75. The Morgan fingerprint density at radius 1 is 1.67 bits per heavy atom. The second-order valence-electron chi connectivity index (χ2n) is 1.66. The van der Waals surface area contributed by atoms with Gasteiger partial charge in [-0.15, -0.1) is 12.6 Å². The van der Waals surface area contributed by atoms with E-state index in [1.165, 1.54) is 0 Å². The molecule has 0 aliphatic heterocycles. The molecule has 0 unspecified atom stereocenters. The smallest absolute Gasteiger partial charge is 0.0618 e. The van der Waals surface area contributed by atoms with Gasteiger partial charge in [0.25, 0.3) is 0 Å². The molecule has 0 atom stereocenters. The molecule has 0 aromatic carbocycles. The van der Waals surface area contributed by atoms with Crippen molar-refractivity contribution in [1.29, 1.82) is 0 Å². The molecule has 9 heavy (non-hydrogen) atoms. The van der Waals surface area contributed by atoms with Crippen LogP contribution in [0.2, 0.25) is 0 Å². The highest BCUT2D eigenvalue weighted by atomic mass is 32.1. The topological polar surface area (TPSA) is 12.0 Å². The molecule has 50 valence electrons. The van der Waals surface area contributed by atoms with Crippen LogP contribution >= 0.6 is 12.6 Å². The van der Waals surface area contributed by atoms with E-state index in [2.05, 4.69) is 31.1 Å². The third-order valence-electron chi connectivity index (χ3n) is 0.709. The zero-order valence-electron chi connectivity index (χ0n) is 5.52. The van der Waals surface area contributed by atoms with E-state index in [0.717, 1.165) is 5.70 Å². The Labute approximate surface area is 61.6 Å². The zero-order valence-corrected chi connectivity index (χ0v) is 6.41. The van der Waals surface area contributed by atoms with Crippen LogP contribution < -0.4 is 5.32 Å². The monoisotopic (exact) mass is 141 g/mol. The van der Waals surface area contributed by atoms with Crippen LogP contribution in [0.1, 0.15) is 6.92 Å². The van der Waals surface area contributed by atoms with Crippen molar-refractivity contribution in [2.75, 3.05) is 0 Å². The molecule has 1 N–H and O–H groups in total. The third kappa shape index (κ3) is 5.24. The summed E-state index contributed by atoms with van der Waals surface area (Å²) >= 11 is 3.95. The van der Waals surface area contributed by atoms with E-state index in [4.69, 9.17) is 0 Å². The number of hydrogen-bond donors (Lipinski definition) is 2. The summed E-state index contributed by atoms with van der Waals surface area (Å²) in [7, 11) is 0. The summed E-state index contributed by atoms with van der Waals surface area (Å²) in [5, 5.41) is 3.55. The van der Waals surface area contributed by atoms with Gasteiger partial charge < -0.3 is 5.32 Å². The number of thiol groups is 1. The minimum Gasteiger partial charge on any atom is -0.355 e. The summed E-state index contributed by atoms with van der Waals surface area (Å²) < 4.78 is 0. The number of rotatable bonds is 3. The van der Waals surface area contributed by atoms with E-state index < -0.39 is 0 Å². The molecule has 1 nitrogen and oxygen atoms in total. The van der Waals surface area contributed by atoms with Crippen molar-refractivity contribution in [2.45, 2.75) is 6.92 Å². The van der Waals surface area contributed by atoms with Crippen molar-refractivity contribution in [2.24, 2.45) is 0 Å². The lowest BCUT2D eigenvalue weighted by Crippen LogP contribution is -2.03. The van der Waals surface area contributed by atoms with E-state index in [9.17, 15) is 0 Å². The Bertz CT molecular complexity index is 147. The van der Waals surface area contributed by atoms with Gasteiger partial charge in [0.05, 0.1) is 5.03 Å². The lowest BCUT2D eigenvalue weighted by Gasteiger charge is -2.01. The third-order valence-corrected chi connectivity index (χ3v) is 0.821. The van der Waals surface area contributed by atoms with Gasteiger partial charge in [-0.25, -0.2) is 0 Å². The predicted octanol–water partition coefficient (Wildman–Crippen LogP) is 2.07. The average molecular weight is 141 g/mol. The maximum absolute atomic E-state index is 3.95. The summed E-state index contributed by atoms with van der Waals surface area (Å²) in [6.07, 6.45) is 3.56. The van der Waals surface area contributed by atoms with Gasteiger partial charge in [0.2, 0.25) is 0 Å². The molecule has 0 bridgehead atoms. The molecule has 0 heterocycles. The highest BCUT2D eigenvalue weighted by Gasteiger charge is 1.82. The summed E-state index contributed by atoms with van der Waals surface area (Å²) in [5.41, 5.74) is 0.991. The van der Waals surface area contributed by atoms with Crippen LogP contribution in [0.3, 0.4) is 0 Å². The van der Waals surface area contributed by atoms with E-state index >= 15 is 0 Å². The minimum atomic E-state index is 0.644. The lowest BCUT2D eigenvalue weighted by atomic mass is 10.4. The Morgan fingerprint density at radius 2 is 2.22 bits per heavy atom. The van der Waals surface area contributed by atoms with Crippen molar-refractivity contribution in [3.8, 4) is 0 Å². The first-order chi connectivity index (χ1) is 4.16. The molecule has 0 aromatic heterocycles. The molecule has 0 aromatic rings. The van der Waals surface area contributed by atoms with Crippen molar-refractivity contribution in [3.63, 3.8) is 0 Å². The fraction of sp³-hybridized carbons (Fsp3) is 0.143. The zero-order chi connectivity index (χ0) is 7.28. The van der Waals surface area contributed by atoms with Gasteiger partial charge in [-0.2, -0.15) is 0 Å². The molecule has 0 spiro atoms. The maximum Gasteiger partial charge on any atom is 0.0618 e. The normalized spacial score (nSPS) is 10.7. The summed E-state index contributed by atoms with van der Waals surface area (Å²) in [4.78, 5) is 0. The van der Waals surface area contributed by atoms with E-state index in [1.807, 2.05) is 13.0 Å². The highest BCUT2D eigenvalue weighted by Crippen LogP contribution is 1.94. The predicted molar refractivity (Wildman–Crippen MR) is 45.2 cm³/mol. The van der Waals surface area contributed by atoms with E-state index in [0.29, 0.717) is 5.03 Å². The molecule has 0 radical (unpaired) electrons. The van der Waals surface area contributed by atoms with Gasteiger partial charge >= 0.3 is 0 Å². The largest absolute Gasteiger partial charge is 0.355 e. The summed E-state index contributed by atoms with van der Waals surface area (Å²) in [6.45, 7) is 9.01. The molecule has 0 saturated carbocycles. The molecular formula is C7H11NS. The number of hydrogen-bond acceptors (Lipinski definition) is 2. The average Bonchev–Trinajstić information content (AvgIpc) is 1.63. The molecule has 0 saturated heterocycles. The van der Waals surface area contributed by atoms with Crippen molar-refractivity contribution in [3.05, 3.63) is 36.0 Å². The molecule has 0 rings (SSSR count). The first kappa shape index (κ1) is 8.37. The van der Waals surface area contributed by atoms with Crippen LogP contribution in [-0.2, 0) is 0 Å². The highest BCUT2D eigenvalue weighted by molar-refractivity contribution is 7.84. The molecule has 0 fully saturated rings. The Kier molecular flexibility index (Phi) is 3.97. The summed E-state index contributed by atoms with van der Waals surface area (Å²) in [5.74, 6) is 0. The Morgan fingerprint density at radius 3 is 2.56 bits per heavy atom. The van der Waals surface area contributed by atoms with Gasteiger partial charge in [0.1, 0.15) is 0 Å². The first-order valence-electron chi connectivity index (χ1n) is 2.61. The molecule has 0 aliphatic rings. The molecular weight excluding hydrogens is 130 g/mol. The molecule has 2 heteroatoms. The van der Waals surface area contributed by atoms with Gasteiger partial charge in [0, 0.05) is 5.70 Å². The van der Waals surface area contributed by atoms with Gasteiger partial charge in [0.15, 0.2) is 0 Å². The minimum absolute atomic E-state index is 0.644. The first-order valence-corrected chi connectivity index (χ1v) is 3.05. The fourth-order valence-corrected chi connectivity index (χ4v) is 0.622. The quantitative estimate of drug-likeness (QED) is 0.453. The second-order valence-corrected chi connectivity index (χ2v) is 2.20. The summed E-state index contributed by atoms with van der Waals surface area (Å²) in [6, 6.07) is 0. The van der Waals surface area contributed by atoms with Crippen molar-refractivity contribution < 1.29 is 0 Å². The van der Waals surface area contributed by atoms with Crippen LogP contribution in [0, 0.1) is 0 Å². The van der Waals surface area contributed by atoms with Gasteiger partial charge in [-0.3, -0.25) is 0 Å². The van der Waals surface area contributed by atoms with E-state index in [-0.39, 0.29) is 0 Å². The van der Waals surface area contributed by atoms with Gasteiger partial charge in [-0.05, 0) is 13.0 Å². The van der Waals surface area contributed by atoms with Crippen molar-refractivity contribution in [1.82, 2.24) is 5.32 Å². The van der Waals surface area contributed by atoms with Crippen LogP contribution in [-0.4, -0.2) is 0 Å².